The molecule has 308 valence electrons. The minimum atomic E-state index is -0.711. The van der Waals surface area contributed by atoms with E-state index in [0.717, 1.165) is 100 Å². The van der Waals surface area contributed by atoms with Crippen molar-refractivity contribution >= 4 is 34.0 Å². The number of aromatic amines is 2. The summed E-state index contributed by atoms with van der Waals surface area (Å²) in [5, 5.41) is 7.53. The summed E-state index contributed by atoms with van der Waals surface area (Å²) in [4.78, 5) is 44.4. The maximum atomic E-state index is 15.2. The highest BCUT2D eigenvalue weighted by molar-refractivity contribution is 5.91. The minimum absolute atomic E-state index is 0.124. The summed E-state index contributed by atoms with van der Waals surface area (Å²) >= 11 is 0. The Morgan fingerprint density at radius 3 is 2.64 bits per heavy atom. The number of benzene rings is 1. The molecule has 3 fully saturated rings. The number of halogens is 1. The number of carbonyl (C=O) groups excluding carboxylic acids is 2. The van der Waals surface area contributed by atoms with Crippen LogP contribution in [0.25, 0.3) is 33.3 Å². The fourth-order valence-electron chi connectivity index (χ4n) is 10.2. The van der Waals surface area contributed by atoms with E-state index in [4.69, 9.17) is 24.2 Å². The molecule has 6 aliphatic rings. The zero-order chi connectivity index (χ0) is 40.7. The zero-order valence-corrected chi connectivity index (χ0v) is 34.1. The molecule has 6 heterocycles. The quantitative estimate of drug-likeness (QED) is 0.133. The number of alkyl carbamates (subject to hydrolysis) is 1. The molecular weight excluding hydrogens is 752 g/mol. The van der Waals surface area contributed by atoms with Gasteiger partial charge in [-0.15, -0.1) is 0 Å². The summed E-state index contributed by atoms with van der Waals surface area (Å²) in [5.74, 6) is 3.59. The molecule has 8 unspecified atom stereocenters. The lowest BCUT2D eigenvalue weighted by molar-refractivity contribution is -0.135. The fraction of sp³-hybridized carbons (Fsp3) is 0.467. The fourth-order valence-corrected chi connectivity index (χ4v) is 10.2. The van der Waals surface area contributed by atoms with Crippen LogP contribution in [0.4, 0.5) is 9.18 Å². The normalized spacial score (nSPS) is 27.7. The first-order valence-corrected chi connectivity index (χ1v) is 21.0. The van der Waals surface area contributed by atoms with E-state index < -0.39 is 18.4 Å². The zero-order valence-electron chi connectivity index (χ0n) is 34.1. The van der Waals surface area contributed by atoms with Gasteiger partial charge < -0.3 is 44.3 Å². The van der Waals surface area contributed by atoms with Gasteiger partial charge >= 0.3 is 6.09 Å². The summed E-state index contributed by atoms with van der Waals surface area (Å²) in [5.41, 5.74) is 7.10. The minimum Gasteiger partial charge on any atom is -0.497 e. The van der Waals surface area contributed by atoms with Gasteiger partial charge in [0.05, 0.1) is 61.3 Å². The first-order valence-electron chi connectivity index (χ1n) is 21.0. The maximum Gasteiger partial charge on any atom is 0.407 e. The molecule has 1 aromatic carbocycles. The second-order valence-electron chi connectivity index (χ2n) is 17.3. The van der Waals surface area contributed by atoms with Gasteiger partial charge in [-0.05, 0) is 85.8 Å². The second kappa shape index (κ2) is 14.6. The number of nitrogens with one attached hydrogen (secondary N) is 4. The molecule has 4 aromatic rings. The van der Waals surface area contributed by atoms with Crippen molar-refractivity contribution in [2.75, 3.05) is 20.8 Å². The third-order valence-corrected chi connectivity index (χ3v) is 13.5. The molecule has 4 N–H and O–H groups in total. The third kappa shape index (κ3) is 6.56. The Balaban J connectivity index is 0.964. The van der Waals surface area contributed by atoms with Gasteiger partial charge in [-0.25, -0.2) is 19.2 Å². The monoisotopic (exact) mass is 802 g/mol. The Morgan fingerprint density at radius 1 is 1.05 bits per heavy atom. The summed E-state index contributed by atoms with van der Waals surface area (Å²) in [6, 6.07) is 8.62. The Bertz CT molecular complexity index is 2460. The van der Waals surface area contributed by atoms with Crippen LogP contribution in [0, 0.1) is 23.7 Å². The van der Waals surface area contributed by atoms with E-state index in [1.807, 2.05) is 37.2 Å². The molecule has 2 saturated heterocycles. The van der Waals surface area contributed by atoms with E-state index >= 15 is 4.39 Å². The van der Waals surface area contributed by atoms with Crippen molar-refractivity contribution in [3.63, 3.8) is 0 Å². The SMILES string of the molecule is COC(=O)NC(C(=O)N1CCCC1c1ncc(C2=CC3=C(CC2)c2cc4cc(-c5cnc(C6CC7C(C)C7N6)[nH]5)ccc4n2C(C2C=C(OC)C=C(F)C2)O3)[nH]1)C(C)C. The summed E-state index contributed by atoms with van der Waals surface area (Å²) in [6.45, 7) is 6.70. The van der Waals surface area contributed by atoms with E-state index in [1.54, 1.807) is 7.11 Å². The first-order chi connectivity index (χ1) is 28.6. The number of rotatable bonds is 9. The van der Waals surface area contributed by atoms with Crippen molar-refractivity contribution in [3.8, 4) is 11.3 Å². The van der Waals surface area contributed by atoms with Crippen LogP contribution in [0.1, 0.15) is 101 Å². The molecule has 13 nitrogen and oxygen atoms in total. The van der Waals surface area contributed by atoms with Crippen LogP contribution < -0.4 is 10.6 Å². The number of carbonyl (C=O) groups is 2. The van der Waals surface area contributed by atoms with Gasteiger partial charge in [0, 0.05) is 47.5 Å². The Hall–Kier alpha value is -5.63. The number of piperidine rings is 1. The second-order valence-corrected chi connectivity index (χ2v) is 17.3. The molecule has 2 amide bonds. The third-order valence-electron chi connectivity index (χ3n) is 13.5. The smallest absolute Gasteiger partial charge is 0.407 e. The van der Waals surface area contributed by atoms with Crippen LogP contribution in [0.2, 0.25) is 0 Å². The largest absolute Gasteiger partial charge is 0.497 e. The standard InChI is InChI=1S/C45H51FN8O5/c1-22(2)39(52-45(56)58-5)43(55)53-12-6-7-36(53)42-48-21-34(51-42)25-8-10-30-37-16-26-13-24(33-20-47-41(50-33)32-19-31-23(3)40(31)49-32)9-11-35(26)54(37)44(59-38(30)17-25)27-14-28(46)18-29(15-27)57-4/h9,11,13,15-18,20-23,27,31-32,36,39-40,44,49H,6-8,10,12,14,19H2,1-5H3,(H,47,50)(H,48,51)(H,52,56). The summed E-state index contributed by atoms with van der Waals surface area (Å²) < 4.78 is 34.7. The number of hydrogen-bond acceptors (Lipinski definition) is 8. The van der Waals surface area contributed by atoms with Crippen LogP contribution in [0.5, 0.6) is 0 Å². The molecule has 8 atom stereocenters. The topological polar surface area (TPSA) is 151 Å². The highest BCUT2D eigenvalue weighted by atomic mass is 19.1. The number of hydrogen-bond donors (Lipinski definition) is 4. The lowest BCUT2D eigenvalue weighted by atomic mass is 9.90. The number of imidazole rings is 2. The number of aromatic nitrogens is 5. The number of amides is 2. The molecule has 1 saturated carbocycles. The first kappa shape index (κ1) is 37.6. The number of H-pyrrole nitrogens is 2. The van der Waals surface area contributed by atoms with E-state index in [-0.39, 0.29) is 42.1 Å². The van der Waals surface area contributed by atoms with Crippen LogP contribution in [-0.4, -0.2) is 74.3 Å². The lowest BCUT2D eigenvalue weighted by Crippen LogP contribution is -2.51. The molecule has 14 heteroatoms. The Kier molecular flexibility index (Phi) is 9.30. The van der Waals surface area contributed by atoms with E-state index in [0.29, 0.717) is 24.2 Å². The summed E-state index contributed by atoms with van der Waals surface area (Å²) in [6.07, 6.45) is 12.5. The molecule has 0 spiro atoms. The van der Waals surface area contributed by atoms with Crippen LogP contribution >= 0.6 is 0 Å². The van der Waals surface area contributed by atoms with Crippen molar-refractivity contribution in [3.05, 3.63) is 95.3 Å². The van der Waals surface area contributed by atoms with Gasteiger partial charge in [-0.3, -0.25) is 4.79 Å². The Labute approximate surface area is 342 Å². The van der Waals surface area contributed by atoms with Crippen molar-refractivity contribution in [1.82, 2.24) is 40.0 Å². The number of nitrogens with zero attached hydrogens (tertiary/aromatic N) is 4. The van der Waals surface area contributed by atoms with Crippen molar-refractivity contribution in [1.29, 1.82) is 0 Å². The molecule has 10 rings (SSSR count). The highest BCUT2D eigenvalue weighted by Gasteiger charge is 2.54. The molecule has 0 radical (unpaired) electrons. The van der Waals surface area contributed by atoms with E-state index in [9.17, 15) is 9.59 Å². The van der Waals surface area contributed by atoms with Gasteiger partial charge in [0.1, 0.15) is 35.0 Å². The van der Waals surface area contributed by atoms with Crippen LogP contribution in [0.3, 0.4) is 0 Å². The Morgan fingerprint density at radius 2 is 1.86 bits per heavy atom. The van der Waals surface area contributed by atoms with E-state index in [2.05, 4.69) is 62.4 Å². The van der Waals surface area contributed by atoms with Gasteiger partial charge in [0.2, 0.25) is 5.91 Å². The van der Waals surface area contributed by atoms with Crippen molar-refractivity contribution < 1.29 is 28.2 Å². The van der Waals surface area contributed by atoms with Gasteiger partial charge in [0.25, 0.3) is 0 Å². The highest BCUT2D eigenvalue weighted by Crippen LogP contribution is 2.51. The number of allylic oxidation sites excluding steroid dienone is 5. The predicted molar refractivity (Wildman–Crippen MR) is 220 cm³/mol. The molecule has 0 bridgehead atoms. The predicted octanol–water partition coefficient (Wildman–Crippen LogP) is 7.99. The van der Waals surface area contributed by atoms with Gasteiger partial charge in [-0.2, -0.15) is 0 Å². The number of methoxy groups -OCH3 is 2. The average molecular weight is 803 g/mol. The maximum absolute atomic E-state index is 15.2. The van der Waals surface area contributed by atoms with Gasteiger partial charge in [-0.1, -0.05) is 26.8 Å². The summed E-state index contributed by atoms with van der Waals surface area (Å²) in [7, 11) is 2.85. The van der Waals surface area contributed by atoms with Crippen LogP contribution in [0.15, 0.2) is 72.2 Å². The lowest BCUT2D eigenvalue weighted by Gasteiger charge is -2.37. The number of ether oxygens (including phenoxy) is 3. The molecule has 3 aliphatic carbocycles. The number of fused-ring (bicyclic) bond motifs is 5. The average Bonchev–Trinajstić information content (AvgIpc) is 4.00. The van der Waals surface area contributed by atoms with Crippen LogP contribution in [-0.2, 0) is 19.0 Å². The van der Waals surface area contributed by atoms with E-state index in [1.165, 1.54) is 13.2 Å². The molecule has 3 aliphatic heterocycles. The molecule has 59 heavy (non-hydrogen) atoms. The number of likely N-dealkylation sites (tertiary alicyclic amines) is 1. The molecular formula is C45H51FN8O5. The van der Waals surface area contributed by atoms with Gasteiger partial charge in [0.15, 0.2) is 6.23 Å². The molecule has 3 aromatic heterocycles. The van der Waals surface area contributed by atoms with Crippen molar-refractivity contribution in [2.24, 2.45) is 23.7 Å². The van der Waals surface area contributed by atoms with Crippen molar-refractivity contribution in [2.45, 2.75) is 89.7 Å².